The standard InChI is InChI=1S/C12H15N/c13-12-9-5-4-8-11(12)10-6-2-1-3-7-10/h1-3,6-8,12H,4-5,9,13H2/t12-/m0/s1. The Morgan fingerprint density at radius 2 is 1.92 bits per heavy atom. The van der Waals surface area contributed by atoms with Crippen molar-refractivity contribution in [3.8, 4) is 0 Å². The SMILES string of the molecule is N[C@H]1CCCC=C1c1ccccc1. The van der Waals surface area contributed by atoms with E-state index in [2.05, 4.69) is 30.3 Å². The van der Waals surface area contributed by atoms with Gasteiger partial charge in [-0.1, -0.05) is 36.4 Å². The second-order valence-corrected chi connectivity index (χ2v) is 3.56. The van der Waals surface area contributed by atoms with Crippen LogP contribution in [0.5, 0.6) is 0 Å². The lowest BCUT2D eigenvalue weighted by atomic mass is 9.90. The lowest BCUT2D eigenvalue weighted by Gasteiger charge is -2.20. The average Bonchev–Trinajstić information content (AvgIpc) is 2.20. The Morgan fingerprint density at radius 1 is 1.15 bits per heavy atom. The van der Waals surface area contributed by atoms with E-state index in [1.165, 1.54) is 24.0 Å². The van der Waals surface area contributed by atoms with Crippen molar-refractivity contribution in [3.05, 3.63) is 42.0 Å². The molecule has 13 heavy (non-hydrogen) atoms. The van der Waals surface area contributed by atoms with Crippen molar-refractivity contribution >= 4 is 5.57 Å². The summed E-state index contributed by atoms with van der Waals surface area (Å²) in [6.07, 6.45) is 5.82. The minimum atomic E-state index is 0.246. The Balaban J connectivity index is 2.30. The molecule has 0 spiro atoms. The molecule has 1 heteroatoms. The van der Waals surface area contributed by atoms with Crippen LogP contribution < -0.4 is 5.73 Å². The molecule has 0 radical (unpaired) electrons. The molecule has 1 aliphatic rings. The zero-order chi connectivity index (χ0) is 9.10. The molecule has 1 aromatic carbocycles. The van der Waals surface area contributed by atoms with Crippen LogP contribution in [0.3, 0.4) is 0 Å². The summed E-state index contributed by atoms with van der Waals surface area (Å²) in [6.45, 7) is 0. The topological polar surface area (TPSA) is 26.0 Å². The van der Waals surface area contributed by atoms with Gasteiger partial charge in [0.25, 0.3) is 0 Å². The Labute approximate surface area is 79.3 Å². The van der Waals surface area contributed by atoms with Crippen molar-refractivity contribution in [1.82, 2.24) is 0 Å². The van der Waals surface area contributed by atoms with Crippen LogP contribution >= 0.6 is 0 Å². The highest BCUT2D eigenvalue weighted by atomic mass is 14.6. The van der Waals surface area contributed by atoms with Gasteiger partial charge in [-0.3, -0.25) is 0 Å². The molecule has 0 fully saturated rings. The first-order valence-corrected chi connectivity index (χ1v) is 4.89. The van der Waals surface area contributed by atoms with E-state index in [1.807, 2.05) is 6.07 Å². The van der Waals surface area contributed by atoms with Gasteiger partial charge < -0.3 is 5.73 Å². The highest BCUT2D eigenvalue weighted by molar-refractivity contribution is 5.69. The van der Waals surface area contributed by atoms with Crippen molar-refractivity contribution in [2.45, 2.75) is 25.3 Å². The molecule has 0 amide bonds. The van der Waals surface area contributed by atoms with Crippen LogP contribution in [0.4, 0.5) is 0 Å². The Hall–Kier alpha value is -1.08. The van der Waals surface area contributed by atoms with Crippen molar-refractivity contribution in [3.63, 3.8) is 0 Å². The normalized spacial score (nSPS) is 22.5. The number of hydrogen-bond donors (Lipinski definition) is 1. The van der Waals surface area contributed by atoms with E-state index >= 15 is 0 Å². The third-order valence-corrected chi connectivity index (χ3v) is 2.59. The second kappa shape index (κ2) is 3.75. The number of nitrogens with two attached hydrogens (primary N) is 1. The van der Waals surface area contributed by atoms with E-state index in [0.717, 1.165) is 6.42 Å². The monoisotopic (exact) mass is 173 g/mol. The van der Waals surface area contributed by atoms with Crippen LogP contribution in [0.15, 0.2) is 36.4 Å². The molecule has 0 bridgehead atoms. The van der Waals surface area contributed by atoms with Crippen LogP contribution in [-0.4, -0.2) is 6.04 Å². The molecular weight excluding hydrogens is 158 g/mol. The zero-order valence-electron chi connectivity index (χ0n) is 7.74. The molecule has 0 aliphatic heterocycles. The Bertz CT molecular complexity index is 300. The molecule has 1 atom stereocenters. The van der Waals surface area contributed by atoms with Gasteiger partial charge in [0.2, 0.25) is 0 Å². The van der Waals surface area contributed by atoms with Gasteiger partial charge in [-0.2, -0.15) is 0 Å². The summed E-state index contributed by atoms with van der Waals surface area (Å²) >= 11 is 0. The predicted molar refractivity (Wildman–Crippen MR) is 56.2 cm³/mol. The molecule has 2 N–H and O–H groups in total. The van der Waals surface area contributed by atoms with E-state index < -0.39 is 0 Å². The highest BCUT2D eigenvalue weighted by Gasteiger charge is 2.13. The fourth-order valence-electron chi connectivity index (χ4n) is 1.86. The van der Waals surface area contributed by atoms with Crippen molar-refractivity contribution in [2.24, 2.45) is 5.73 Å². The first-order valence-electron chi connectivity index (χ1n) is 4.89. The smallest absolute Gasteiger partial charge is 0.0297 e. The summed E-state index contributed by atoms with van der Waals surface area (Å²) in [5, 5.41) is 0. The van der Waals surface area contributed by atoms with Gasteiger partial charge in [-0.25, -0.2) is 0 Å². The fourth-order valence-corrected chi connectivity index (χ4v) is 1.86. The van der Waals surface area contributed by atoms with E-state index in [0.29, 0.717) is 0 Å². The highest BCUT2D eigenvalue weighted by Crippen LogP contribution is 2.25. The van der Waals surface area contributed by atoms with E-state index in [-0.39, 0.29) is 6.04 Å². The molecule has 1 nitrogen and oxygen atoms in total. The van der Waals surface area contributed by atoms with Crippen LogP contribution in [0, 0.1) is 0 Å². The number of allylic oxidation sites excluding steroid dienone is 1. The fraction of sp³-hybridized carbons (Fsp3) is 0.333. The minimum absolute atomic E-state index is 0.246. The summed E-state index contributed by atoms with van der Waals surface area (Å²) in [5.74, 6) is 0. The summed E-state index contributed by atoms with van der Waals surface area (Å²) in [7, 11) is 0. The molecular formula is C12H15N. The van der Waals surface area contributed by atoms with Crippen molar-refractivity contribution in [2.75, 3.05) is 0 Å². The number of benzene rings is 1. The predicted octanol–water partition coefficient (Wildman–Crippen LogP) is 2.58. The maximum Gasteiger partial charge on any atom is 0.0297 e. The maximum absolute atomic E-state index is 6.04. The third-order valence-electron chi connectivity index (χ3n) is 2.59. The van der Waals surface area contributed by atoms with Crippen LogP contribution in [-0.2, 0) is 0 Å². The van der Waals surface area contributed by atoms with Crippen molar-refractivity contribution in [1.29, 1.82) is 0 Å². The molecule has 0 saturated heterocycles. The summed E-state index contributed by atoms with van der Waals surface area (Å²) < 4.78 is 0. The van der Waals surface area contributed by atoms with E-state index in [9.17, 15) is 0 Å². The summed E-state index contributed by atoms with van der Waals surface area (Å²) in [6, 6.07) is 10.7. The third kappa shape index (κ3) is 1.81. The lowest BCUT2D eigenvalue weighted by molar-refractivity contribution is 0.660. The van der Waals surface area contributed by atoms with E-state index in [1.54, 1.807) is 0 Å². The molecule has 0 heterocycles. The Morgan fingerprint density at radius 3 is 2.62 bits per heavy atom. The number of hydrogen-bond acceptors (Lipinski definition) is 1. The van der Waals surface area contributed by atoms with Gasteiger partial charge in [0.1, 0.15) is 0 Å². The lowest BCUT2D eigenvalue weighted by Crippen LogP contribution is -2.23. The van der Waals surface area contributed by atoms with Gasteiger partial charge in [-0.05, 0) is 30.4 Å². The van der Waals surface area contributed by atoms with Gasteiger partial charge in [0.05, 0.1) is 0 Å². The summed E-state index contributed by atoms with van der Waals surface area (Å²) in [5.41, 5.74) is 8.66. The first kappa shape index (κ1) is 8.52. The second-order valence-electron chi connectivity index (χ2n) is 3.56. The molecule has 0 saturated carbocycles. The Kier molecular flexibility index (Phi) is 2.46. The van der Waals surface area contributed by atoms with Crippen LogP contribution in [0.2, 0.25) is 0 Å². The molecule has 0 aromatic heterocycles. The zero-order valence-corrected chi connectivity index (χ0v) is 7.74. The number of rotatable bonds is 1. The molecule has 0 unspecified atom stereocenters. The summed E-state index contributed by atoms with van der Waals surface area (Å²) in [4.78, 5) is 0. The average molecular weight is 173 g/mol. The molecule has 68 valence electrons. The quantitative estimate of drug-likeness (QED) is 0.694. The van der Waals surface area contributed by atoms with Crippen LogP contribution in [0.1, 0.15) is 24.8 Å². The van der Waals surface area contributed by atoms with Crippen molar-refractivity contribution < 1.29 is 0 Å². The van der Waals surface area contributed by atoms with Gasteiger partial charge in [0, 0.05) is 6.04 Å². The molecule has 1 aromatic rings. The van der Waals surface area contributed by atoms with Gasteiger partial charge >= 0.3 is 0 Å². The maximum atomic E-state index is 6.04. The largest absolute Gasteiger partial charge is 0.324 e. The molecule has 2 rings (SSSR count). The van der Waals surface area contributed by atoms with Gasteiger partial charge in [0.15, 0.2) is 0 Å². The van der Waals surface area contributed by atoms with Crippen LogP contribution in [0.25, 0.3) is 5.57 Å². The minimum Gasteiger partial charge on any atom is -0.324 e. The van der Waals surface area contributed by atoms with Gasteiger partial charge in [-0.15, -0.1) is 0 Å². The first-order chi connectivity index (χ1) is 6.38. The van der Waals surface area contributed by atoms with E-state index in [4.69, 9.17) is 5.73 Å². The molecule has 1 aliphatic carbocycles.